The largest absolute Gasteiger partial charge is 0.337 e. The summed E-state index contributed by atoms with van der Waals surface area (Å²) in [7, 11) is 1.66. The number of nitrogens with one attached hydrogen (secondary N) is 2. The molecule has 0 radical (unpaired) electrons. The Morgan fingerprint density at radius 1 is 1.35 bits per heavy atom. The van der Waals surface area contributed by atoms with Crippen LogP contribution in [0.3, 0.4) is 0 Å². The Morgan fingerprint density at radius 3 is 2.74 bits per heavy atom. The van der Waals surface area contributed by atoms with Crippen LogP contribution in [0.4, 0.5) is 0 Å². The number of halogens is 1. The summed E-state index contributed by atoms with van der Waals surface area (Å²) < 4.78 is 0. The molecule has 4 nitrogen and oxygen atoms in total. The minimum absolute atomic E-state index is 0.0236. The lowest BCUT2D eigenvalue weighted by Gasteiger charge is -2.25. The van der Waals surface area contributed by atoms with Crippen molar-refractivity contribution in [2.24, 2.45) is 5.92 Å². The van der Waals surface area contributed by atoms with E-state index in [1.54, 1.807) is 18.4 Å². The second-order valence-electron chi connectivity index (χ2n) is 6.13. The third-order valence-corrected chi connectivity index (χ3v) is 5.93. The molecule has 2 N–H and O–H groups in total. The standard InChI is InChI=1S/C17H16ClN3OS/c1-21-15(22)17(12-5-6-12,20-16(21)19)14-8-11(9-23-14)10-3-2-4-13(18)7-10/h2-4,7-9,12H,5-6H2,1H3,(H2,19,20). The molecule has 1 unspecified atom stereocenters. The number of rotatable bonds is 3. The summed E-state index contributed by atoms with van der Waals surface area (Å²) >= 11 is 7.65. The molecule has 23 heavy (non-hydrogen) atoms. The third kappa shape index (κ3) is 2.18. The van der Waals surface area contributed by atoms with Gasteiger partial charge in [-0.05, 0) is 53.5 Å². The van der Waals surface area contributed by atoms with Crippen LogP contribution in [-0.4, -0.2) is 23.8 Å². The van der Waals surface area contributed by atoms with E-state index in [1.807, 2.05) is 24.3 Å². The van der Waals surface area contributed by atoms with Crippen molar-refractivity contribution in [3.63, 3.8) is 0 Å². The summed E-state index contributed by atoms with van der Waals surface area (Å²) in [5, 5.41) is 13.9. The Kier molecular flexibility index (Phi) is 3.25. The third-order valence-electron chi connectivity index (χ3n) is 4.63. The van der Waals surface area contributed by atoms with Gasteiger partial charge >= 0.3 is 0 Å². The van der Waals surface area contributed by atoms with E-state index in [0.29, 0.717) is 5.02 Å². The van der Waals surface area contributed by atoms with Gasteiger partial charge < -0.3 is 5.32 Å². The summed E-state index contributed by atoms with van der Waals surface area (Å²) in [5.74, 6) is 0.426. The summed E-state index contributed by atoms with van der Waals surface area (Å²) in [6.07, 6.45) is 2.04. The molecule has 2 heterocycles. The van der Waals surface area contributed by atoms with Crippen LogP contribution < -0.4 is 5.32 Å². The second kappa shape index (κ2) is 5.08. The fraction of sp³-hybridized carbons (Fsp3) is 0.294. The lowest BCUT2D eigenvalue weighted by Crippen LogP contribution is -2.45. The molecule has 0 bridgehead atoms. The predicted octanol–water partition coefficient (Wildman–Crippen LogP) is 3.67. The minimum atomic E-state index is -0.757. The molecule has 2 aromatic rings. The normalized spacial score (nSPS) is 24.2. The maximum atomic E-state index is 12.8. The number of guanidine groups is 1. The van der Waals surface area contributed by atoms with E-state index >= 15 is 0 Å². The molecular formula is C17H16ClN3OS. The molecule has 1 aromatic carbocycles. The molecule has 1 aliphatic heterocycles. The van der Waals surface area contributed by atoms with Crippen LogP contribution in [0.25, 0.3) is 11.1 Å². The predicted molar refractivity (Wildman–Crippen MR) is 92.8 cm³/mol. The summed E-state index contributed by atoms with van der Waals surface area (Å²) in [5.41, 5.74) is 1.34. The van der Waals surface area contributed by atoms with E-state index in [1.165, 1.54) is 4.90 Å². The lowest BCUT2D eigenvalue weighted by molar-refractivity contribution is -0.131. The van der Waals surface area contributed by atoms with Gasteiger partial charge in [-0.2, -0.15) is 0 Å². The van der Waals surface area contributed by atoms with Crippen molar-refractivity contribution >= 4 is 34.8 Å². The molecule has 1 saturated carbocycles. The fourth-order valence-electron chi connectivity index (χ4n) is 3.21. The van der Waals surface area contributed by atoms with E-state index in [0.717, 1.165) is 28.8 Å². The second-order valence-corrected chi connectivity index (χ2v) is 7.48. The van der Waals surface area contributed by atoms with Crippen molar-refractivity contribution in [1.29, 1.82) is 5.41 Å². The van der Waals surface area contributed by atoms with E-state index < -0.39 is 5.54 Å². The number of likely N-dealkylation sites (N-methyl/N-ethyl adjacent to an activating group) is 1. The Bertz CT molecular complexity index is 814. The molecule has 0 spiro atoms. The molecule has 4 rings (SSSR count). The van der Waals surface area contributed by atoms with Crippen LogP contribution in [0.15, 0.2) is 35.7 Å². The Labute approximate surface area is 143 Å². The number of amides is 1. The zero-order chi connectivity index (χ0) is 16.2. The van der Waals surface area contributed by atoms with Crippen molar-refractivity contribution in [3.05, 3.63) is 45.6 Å². The fourth-order valence-corrected chi connectivity index (χ4v) is 4.55. The molecule has 1 aromatic heterocycles. The molecule has 118 valence electrons. The van der Waals surface area contributed by atoms with Crippen molar-refractivity contribution in [2.45, 2.75) is 18.4 Å². The number of carbonyl (C=O) groups excluding carboxylic acids is 1. The van der Waals surface area contributed by atoms with Gasteiger partial charge in [0.1, 0.15) is 0 Å². The molecule has 1 amide bonds. The van der Waals surface area contributed by atoms with Gasteiger partial charge in [0.05, 0.1) is 0 Å². The Hall–Kier alpha value is -1.85. The Morgan fingerprint density at radius 2 is 2.13 bits per heavy atom. The molecule has 1 saturated heterocycles. The molecule has 1 aliphatic carbocycles. The van der Waals surface area contributed by atoms with Gasteiger partial charge in [0.2, 0.25) is 0 Å². The zero-order valence-corrected chi connectivity index (χ0v) is 14.2. The quantitative estimate of drug-likeness (QED) is 0.891. The van der Waals surface area contributed by atoms with Gasteiger partial charge in [0, 0.05) is 16.9 Å². The number of hydrogen-bond donors (Lipinski definition) is 2. The first-order valence-electron chi connectivity index (χ1n) is 7.52. The van der Waals surface area contributed by atoms with Gasteiger partial charge in [-0.1, -0.05) is 23.7 Å². The highest BCUT2D eigenvalue weighted by molar-refractivity contribution is 7.10. The van der Waals surface area contributed by atoms with E-state index in [2.05, 4.69) is 16.8 Å². The van der Waals surface area contributed by atoms with E-state index in [9.17, 15) is 4.79 Å². The average molecular weight is 346 g/mol. The first-order valence-corrected chi connectivity index (χ1v) is 8.78. The van der Waals surface area contributed by atoms with Gasteiger partial charge in [0.25, 0.3) is 5.91 Å². The smallest absolute Gasteiger partial charge is 0.260 e. The Balaban J connectivity index is 1.78. The molecule has 1 atom stereocenters. The number of hydrogen-bond acceptors (Lipinski definition) is 3. The van der Waals surface area contributed by atoms with Crippen LogP contribution in [0, 0.1) is 11.3 Å². The summed E-state index contributed by atoms with van der Waals surface area (Å²) in [4.78, 5) is 15.2. The van der Waals surface area contributed by atoms with Gasteiger partial charge in [-0.15, -0.1) is 11.3 Å². The van der Waals surface area contributed by atoms with Crippen LogP contribution in [0.1, 0.15) is 17.7 Å². The maximum Gasteiger partial charge on any atom is 0.260 e. The first kappa shape index (κ1) is 14.7. The van der Waals surface area contributed by atoms with Crippen LogP contribution >= 0.6 is 22.9 Å². The molecular weight excluding hydrogens is 330 g/mol. The maximum absolute atomic E-state index is 12.8. The van der Waals surface area contributed by atoms with Crippen molar-refractivity contribution in [2.75, 3.05) is 7.05 Å². The van der Waals surface area contributed by atoms with Crippen LogP contribution in [0.5, 0.6) is 0 Å². The SMILES string of the molecule is CN1C(=N)NC(c2cc(-c3cccc(Cl)c3)cs2)(C2CC2)C1=O. The first-order chi connectivity index (χ1) is 11.0. The number of thiophene rings is 1. The number of nitrogens with zero attached hydrogens (tertiary/aromatic N) is 1. The van der Waals surface area contributed by atoms with Crippen molar-refractivity contribution < 1.29 is 4.79 Å². The zero-order valence-electron chi connectivity index (χ0n) is 12.6. The lowest BCUT2D eigenvalue weighted by atomic mass is 9.90. The molecule has 2 fully saturated rings. The van der Waals surface area contributed by atoms with Gasteiger partial charge in [-0.3, -0.25) is 15.1 Å². The van der Waals surface area contributed by atoms with Crippen molar-refractivity contribution in [1.82, 2.24) is 10.2 Å². The van der Waals surface area contributed by atoms with Crippen LogP contribution in [0.2, 0.25) is 5.02 Å². The average Bonchev–Trinajstić information content (AvgIpc) is 3.22. The minimum Gasteiger partial charge on any atom is -0.337 e. The monoisotopic (exact) mass is 345 g/mol. The summed E-state index contributed by atoms with van der Waals surface area (Å²) in [6.45, 7) is 0. The highest BCUT2D eigenvalue weighted by Crippen LogP contribution is 2.50. The van der Waals surface area contributed by atoms with Gasteiger partial charge in [0.15, 0.2) is 11.5 Å². The van der Waals surface area contributed by atoms with Gasteiger partial charge in [-0.25, -0.2) is 0 Å². The van der Waals surface area contributed by atoms with E-state index in [4.69, 9.17) is 17.0 Å². The van der Waals surface area contributed by atoms with Crippen molar-refractivity contribution in [3.8, 4) is 11.1 Å². The van der Waals surface area contributed by atoms with E-state index in [-0.39, 0.29) is 17.8 Å². The molecule has 2 aliphatic rings. The highest BCUT2D eigenvalue weighted by Gasteiger charge is 2.59. The highest BCUT2D eigenvalue weighted by atomic mass is 35.5. The molecule has 6 heteroatoms. The number of carbonyl (C=O) groups is 1. The number of benzene rings is 1. The topological polar surface area (TPSA) is 56.2 Å². The summed E-state index contributed by atoms with van der Waals surface area (Å²) in [6, 6.07) is 9.78. The van der Waals surface area contributed by atoms with Crippen LogP contribution in [-0.2, 0) is 10.3 Å².